The molecular weight excluding hydrogens is 428 g/mol. The molecular formula is C29H24Br-. The Hall–Kier alpha value is -3.16. The summed E-state index contributed by atoms with van der Waals surface area (Å²) in [4.78, 5) is 0. The van der Waals surface area contributed by atoms with Crippen molar-refractivity contribution in [2.75, 3.05) is 0 Å². The number of hydrogen-bond donors (Lipinski definition) is 0. The lowest BCUT2D eigenvalue weighted by molar-refractivity contribution is -0.00000552. The van der Waals surface area contributed by atoms with Crippen molar-refractivity contribution in [2.45, 2.75) is 6.42 Å². The monoisotopic (exact) mass is 451 g/mol. The molecule has 0 unspecified atom stereocenters. The van der Waals surface area contributed by atoms with Gasteiger partial charge in [0.15, 0.2) is 0 Å². The van der Waals surface area contributed by atoms with Crippen LogP contribution in [0.25, 0.3) is 24.3 Å². The third-order valence-electron chi connectivity index (χ3n) is 4.90. The zero-order valence-electron chi connectivity index (χ0n) is 16.8. The van der Waals surface area contributed by atoms with Crippen molar-refractivity contribution in [3.05, 3.63) is 143 Å². The zero-order valence-corrected chi connectivity index (χ0v) is 18.4. The van der Waals surface area contributed by atoms with Crippen LogP contribution in [-0.2, 0) is 6.42 Å². The summed E-state index contributed by atoms with van der Waals surface area (Å²) in [6.07, 6.45) is 9.57. The van der Waals surface area contributed by atoms with E-state index in [1.807, 2.05) is 12.1 Å². The van der Waals surface area contributed by atoms with Gasteiger partial charge in [-0.2, -0.15) is 0 Å². The Balaban J connectivity index is 0.00000256. The van der Waals surface area contributed by atoms with Crippen LogP contribution < -0.4 is 17.0 Å². The minimum absolute atomic E-state index is 0. The summed E-state index contributed by atoms with van der Waals surface area (Å²) in [5.74, 6) is 0. The zero-order chi connectivity index (χ0) is 19.7. The molecule has 0 saturated heterocycles. The van der Waals surface area contributed by atoms with E-state index in [-0.39, 0.29) is 17.0 Å². The molecule has 0 N–H and O–H groups in total. The molecule has 0 aliphatic heterocycles. The molecule has 0 aliphatic rings. The second-order valence-corrected chi connectivity index (χ2v) is 7.15. The fourth-order valence-corrected chi connectivity index (χ4v) is 3.24. The van der Waals surface area contributed by atoms with Gasteiger partial charge in [0.2, 0.25) is 0 Å². The van der Waals surface area contributed by atoms with Gasteiger partial charge in [0, 0.05) is 0 Å². The van der Waals surface area contributed by atoms with Crippen LogP contribution in [0, 0.1) is 0 Å². The third-order valence-corrected chi connectivity index (χ3v) is 4.90. The molecule has 4 rings (SSSR count). The molecule has 0 amide bonds. The first-order chi connectivity index (χ1) is 14.3. The summed E-state index contributed by atoms with van der Waals surface area (Å²) >= 11 is 0. The van der Waals surface area contributed by atoms with E-state index in [1.54, 1.807) is 0 Å². The number of benzene rings is 4. The maximum absolute atomic E-state index is 2.22. The van der Waals surface area contributed by atoms with Crippen LogP contribution in [-0.4, -0.2) is 0 Å². The summed E-state index contributed by atoms with van der Waals surface area (Å²) in [5.41, 5.74) is 7.54. The number of hydrogen-bond acceptors (Lipinski definition) is 0. The van der Waals surface area contributed by atoms with Crippen molar-refractivity contribution < 1.29 is 17.0 Å². The van der Waals surface area contributed by atoms with E-state index in [0.717, 1.165) is 6.42 Å². The largest absolute Gasteiger partial charge is 1.00 e. The number of halogens is 1. The molecule has 0 nitrogen and oxygen atoms in total. The van der Waals surface area contributed by atoms with E-state index >= 15 is 0 Å². The maximum atomic E-state index is 2.22. The predicted octanol–water partition coefficient (Wildman–Crippen LogP) is 4.62. The molecule has 0 radical (unpaired) electrons. The van der Waals surface area contributed by atoms with E-state index in [1.165, 1.54) is 33.4 Å². The highest BCUT2D eigenvalue weighted by Gasteiger charge is 1.97. The van der Waals surface area contributed by atoms with Gasteiger partial charge in [-0.1, -0.05) is 133 Å². The first-order valence-corrected chi connectivity index (χ1v) is 9.99. The molecule has 148 valence electrons. The highest BCUT2D eigenvalue weighted by molar-refractivity contribution is 5.70. The fraction of sp³-hybridized carbons (Fsp3) is 0.0345. The third kappa shape index (κ3) is 6.43. The van der Waals surface area contributed by atoms with Crippen molar-refractivity contribution in [2.24, 2.45) is 0 Å². The topological polar surface area (TPSA) is 0 Å². The standard InChI is InChI=1S/C29H24.BrH/c1-3-7-24(8-4-1)11-13-26-15-19-28(20-16-26)23-29-21-17-27(18-22-29)14-12-25-9-5-2-6-10-25;/h1-22H,23H2;1H/p-1. The second kappa shape index (κ2) is 11.1. The van der Waals surface area contributed by atoms with E-state index in [9.17, 15) is 0 Å². The van der Waals surface area contributed by atoms with Crippen LogP contribution in [0.15, 0.2) is 109 Å². The molecule has 30 heavy (non-hydrogen) atoms. The van der Waals surface area contributed by atoms with Gasteiger partial charge >= 0.3 is 0 Å². The van der Waals surface area contributed by atoms with Gasteiger partial charge < -0.3 is 17.0 Å². The molecule has 0 fully saturated rings. The second-order valence-electron chi connectivity index (χ2n) is 7.15. The fourth-order valence-electron chi connectivity index (χ4n) is 3.24. The average molecular weight is 452 g/mol. The summed E-state index contributed by atoms with van der Waals surface area (Å²) in [6, 6.07) is 38.4. The van der Waals surface area contributed by atoms with Gasteiger partial charge in [-0.3, -0.25) is 0 Å². The van der Waals surface area contributed by atoms with Crippen molar-refractivity contribution in [1.29, 1.82) is 0 Å². The predicted molar refractivity (Wildman–Crippen MR) is 126 cm³/mol. The molecule has 0 aromatic heterocycles. The van der Waals surface area contributed by atoms with E-state index in [0.29, 0.717) is 0 Å². The normalized spacial score (nSPS) is 10.9. The van der Waals surface area contributed by atoms with Crippen molar-refractivity contribution in [3.63, 3.8) is 0 Å². The molecule has 1 heteroatoms. The van der Waals surface area contributed by atoms with E-state index < -0.39 is 0 Å². The van der Waals surface area contributed by atoms with Crippen molar-refractivity contribution >= 4 is 24.3 Å². The molecule has 0 bridgehead atoms. The Kier molecular flexibility index (Phi) is 8.00. The molecule has 4 aromatic rings. The van der Waals surface area contributed by atoms with Gasteiger partial charge in [-0.25, -0.2) is 0 Å². The lowest BCUT2D eigenvalue weighted by Gasteiger charge is -2.04. The number of rotatable bonds is 6. The molecule has 0 heterocycles. The van der Waals surface area contributed by atoms with Crippen LogP contribution in [0.3, 0.4) is 0 Å². The minimum atomic E-state index is 0. The van der Waals surface area contributed by atoms with Gasteiger partial charge in [0.05, 0.1) is 0 Å². The van der Waals surface area contributed by atoms with Crippen LogP contribution in [0.1, 0.15) is 33.4 Å². The van der Waals surface area contributed by atoms with E-state index in [2.05, 4.69) is 121 Å². The minimum Gasteiger partial charge on any atom is -1.00 e. The van der Waals surface area contributed by atoms with Gasteiger partial charge in [-0.15, -0.1) is 0 Å². The van der Waals surface area contributed by atoms with Crippen LogP contribution in [0.5, 0.6) is 0 Å². The first-order valence-electron chi connectivity index (χ1n) is 9.99. The van der Waals surface area contributed by atoms with Gasteiger partial charge in [0.25, 0.3) is 0 Å². The van der Waals surface area contributed by atoms with Crippen molar-refractivity contribution in [1.82, 2.24) is 0 Å². The Morgan fingerprint density at radius 2 is 0.667 bits per heavy atom. The summed E-state index contributed by atoms with van der Waals surface area (Å²) in [7, 11) is 0. The molecule has 0 spiro atoms. The Bertz CT molecular complexity index is 984. The molecule has 0 atom stereocenters. The molecule has 0 saturated carbocycles. The lowest BCUT2D eigenvalue weighted by Crippen LogP contribution is -3.00. The van der Waals surface area contributed by atoms with Crippen LogP contribution in [0.4, 0.5) is 0 Å². The highest BCUT2D eigenvalue weighted by Crippen LogP contribution is 2.15. The lowest BCUT2D eigenvalue weighted by atomic mass is 10.0. The Labute approximate surface area is 190 Å². The van der Waals surface area contributed by atoms with Gasteiger partial charge in [0.1, 0.15) is 0 Å². The first kappa shape index (κ1) is 21.5. The molecule has 4 aromatic carbocycles. The Morgan fingerprint density at radius 1 is 0.367 bits per heavy atom. The molecule has 0 aliphatic carbocycles. The Morgan fingerprint density at radius 3 is 1.00 bits per heavy atom. The van der Waals surface area contributed by atoms with Crippen LogP contribution >= 0.6 is 0 Å². The average Bonchev–Trinajstić information content (AvgIpc) is 2.80. The van der Waals surface area contributed by atoms with E-state index in [4.69, 9.17) is 0 Å². The SMILES string of the molecule is C(=Cc1ccc(Cc2ccc(C=Cc3ccccc3)cc2)cc1)c1ccccc1.[Br-]. The highest BCUT2D eigenvalue weighted by atomic mass is 79.9. The summed E-state index contributed by atoms with van der Waals surface area (Å²) in [5, 5.41) is 0. The summed E-state index contributed by atoms with van der Waals surface area (Å²) < 4.78 is 0. The quantitative estimate of drug-likeness (QED) is 0.375. The smallest absolute Gasteiger partial charge is 0.00258 e. The van der Waals surface area contributed by atoms with Crippen molar-refractivity contribution in [3.8, 4) is 0 Å². The van der Waals surface area contributed by atoms with Crippen LogP contribution in [0.2, 0.25) is 0 Å². The van der Waals surface area contributed by atoms with Gasteiger partial charge in [-0.05, 0) is 39.8 Å². The summed E-state index contributed by atoms with van der Waals surface area (Å²) in [6.45, 7) is 0. The maximum Gasteiger partial charge on any atom is -0.00258 e.